The van der Waals surface area contributed by atoms with Gasteiger partial charge in [0.2, 0.25) is 0 Å². The van der Waals surface area contributed by atoms with E-state index in [1.54, 1.807) is 0 Å². The van der Waals surface area contributed by atoms with Gasteiger partial charge in [-0.2, -0.15) is 0 Å². The molecule has 24 heavy (non-hydrogen) atoms. The zero-order valence-electron chi connectivity index (χ0n) is 12.0. The molecule has 0 spiro atoms. The predicted molar refractivity (Wildman–Crippen MR) is 86.1 cm³/mol. The van der Waals surface area contributed by atoms with Gasteiger partial charge >= 0.3 is 5.97 Å². The van der Waals surface area contributed by atoms with Gasteiger partial charge in [-0.05, 0) is 40.2 Å². The van der Waals surface area contributed by atoms with Crippen LogP contribution in [0.3, 0.4) is 0 Å². The summed E-state index contributed by atoms with van der Waals surface area (Å²) in [5.74, 6) is -2.11. The number of nitrogens with one attached hydrogen (secondary N) is 1. The van der Waals surface area contributed by atoms with Gasteiger partial charge < -0.3 is 10.1 Å². The zero-order chi connectivity index (χ0) is 17.7. The quantitative estimate of drug-likeness (QED) is 0.474. The molecule has 1 N–H and O–H groups in total. The van der Waals surface area contributed by atoms with E-state index in [4.69, 9.17) is 4.74 Å². The Labute approximate surface area is 143 Å². The summed E-state index contributed by atoms with van der Waals surface area (Å²) in [7, 11) is 0. The number of nitro groups is 1. The summed E-state index contributed by atoms with van der Waals surface area (Å²) in [6.07, 6.45) is 0. The van der Waals surface area contributed by atoms with E-state index >= 15 is 0 Å². The van der Waals surface area contributed by atoms with Crippen LogP contribution in [0.15, 0.2) is 46.9 Å². The highest BCUT2D eigenvalue weighted by Gasteiger charge is 2.17. The highest BCUT2D eigenvalue weighted by molar-refractivity contribution is 9.10. The van der Waals surface area contributed by atoms with E-state index in [0.717, 1.165) is 12.1 Å². The molecule has 0 aromatic heterocycles. The third kappa shape index (κ3) is 4.35. The second kappa shape index (κ2) is 7.64. The van der Waals surface area contributed by atoms with Crippen LogP contribution in [0.4, 0.5) is 15.8 Å². The number of esters is 1. The molecule has 0 saturated carbocycles. The maximum atomic E-state index is 13.0. The zero-order valence-corrected chi connectivity index (χ0v) is 13.6. The van der Waals surface area contributed by atoms with E-state index in [9.17, 15) is 24.1 Å². The summed E-state index contributed by atoms with van der Waals surface area (Å²) in [6, 6.07) is 8.94. The Kier molecular flexibility index (Phi) is 5.59. The molecule has 0 aliphatic rings. The Hall–Kier alpha value is -2.81. The normalized spacial score (nSPS) is 10.1. The second-order valence-corrected chi connectivity index (χ2v) is 5.38. The van der Waals surface area contributed by atoms with Gasteiger partial charge in [-0.1, -0.05) is 12.1 Å². The van der Waals surface area contributed by atoms with Gasteiger partial charge in [0.05, 0.1) is 10.5 Å². The Morgan fingerprint density at radius 1 is 1.25 bits per heavy atom. The Balaban J connectivity index is 1.99. The van der Waals surface area contributed by atoms with Gasteiger partial charge in [-0.15, -0.1) is 0 Å². The fourth-order valence-corrected chi connectivity index (χ4v) is 2.30. The average Bonchev–Trinajstić information content (AvgIpc) is 2.53. The van der Waals surface area contributed by atoms with Gasteiger partial charge in [-0.25, -0.2) is 9.18 Å². The van der Waals surface area contributed by atoms with Crippen molar-refractivity contribution in [2.45, 2.75) is 0 Å². The summed E-state index contributed by atoms with van der Waals surface area (Å²) in [4.78, 5) is 33.8. The van der Waals surface area contributed by atoms with Crippen LogP contribution in [0, 0.1) is 15.9 Å². The lowest BCUT2D eigenvalue weighted by Gasteiger charge is -2.08. The van der Waals surface area contributed by atoms with Crippen LogP contribution in [0.5, 0.6) is 0 Å². The molecule has 0 heterocycles. The maximum absolute atomic E-state index is 13.0. The van der Waals surface area contributed by atoms with Crippen molar-refractivity contribution in [2.24, 2.45) is 0 Å². The SMILES string of the molecule is O=C(COC(=O)c1ccc(F)cc1Br)Nc1ccccc1[N+](=O)[O-]. The largest absolute Gasteiger partial charge is 0.452 e. The first-order valence-electron chi connectivity index (χ1n) is 6.54. The molecule has 0 saturated heterocycles. The lowest BCUT2D eigenvalue weighted by molar-refractivity contribution is -0.383. The van der Waals surface area contributed by atoms with Crippen molar-refractivity contribution in [3.63, 3.8) is 0 Å². The first kappa shape index (κ1) is 17.5. The summed E-state index contributed by atoms with van der Waals surface area (Å²) in [5, 5.41) is 13.1. The maximum Gasteiger partial charge on any atom is 0.339 e. The topological polar surface area (TPSA) is 98.5 Å². The molecule has 0 aliphatic carbocycles. The number of rotatable bonds is 5. The number of halogens is 2. The van der Waals surface area contributed by atoms with Gasteiger partial charge in [0.1, 0.15) is 11.5 Å². The number of nitrogens with zero attached hydrogens (tertiary/aromatic N) is 1. The molecule has 9 heteroatoms. The van der Waals surface area contributed by atoms with Crippen LogP contribution in [0.25, 0.3) is 0 Å². The number of hydrogen-bond acceptors (Lipinski definition) is 5. The number of ether oxygens (including phenoxy) is 1. The van der Waals surface area contributed by atoms with Crippen molar-refractivity contribution in [2.75, 3.05) is 11.9 Å². The van der Waals surface area contributed by atoms with Crippen molar-refractivity contribution in [3.8, 4) is 0 Å². The van der Waals surface area contributed by atoms with Gasteiger partial charge in [0.15, 0.2) is 6.61 Å². The van der Waals surface area contributed by atoms with Crippen LogP contribution >= 0.6 is 15.9 Å². The summed E-state index contributed by atoms with van der Waals surface area (Å²) in [5.41, 5.74) is -0.236. The van der Waals surface area contributed by atoms with Crippen molar-refractivity contribution in [3.05, 3.63) is 68.4 Å². The fourth-order valence-electron chi connectivity index (χ4n) is 1.79. The lowest BCUT2D eigenvalue weighted by atomic mass is 10.2. The molecule has 0 unspecified atom stereocenters. The van der Waals surface area contributed by atoms with Gasteiger partial charge in [0.25, 0.3) is 11.6 Å². The van der Waals surface area contributed by atoms with Gasteiger partial charge in [-0.3, -0.25) is 14.9 Å². The minimum absolute atomic E-state index is 0.00786. The highest BCUT2D eigenvalue weighted by atomic mass is 79.9. The molecular weight excluding hydrogens is 387 g/mol. The number of amides is 1. The molecule has 0 fully saturated rings. The third-order valence-corrected chi connectivity index (χ3v) is 3.52. The molecule has 124 valence electrons. The first-order valence-corrected chi connectivity index (χ1v) is 7.33. The molecule has 2 aromatic carbocycles. The third-order valence-electron chi connectivity index (χ3n) is 2.86. The number of carbonyl (C=O) groups excluding carboxylic acids is 2. The van der Waals surface area contributed by atoms with Crippen LogP contribution in [-0.2, 0) is 9.53 Å². The van der Waals surface area contributed by atoms with E-state index in [-0.39, 0.29) is 21.4 Å². The Morgan fingerprint density at radius 3 is 2.62 bits per heavy atom. The molecule has 2 aromatic rings. The highest BCUT2D eigenvalue weighted by Crippen LogP contribution is 2.23. The van der Waals surface area contributed by atoms with Gasteiger partial charge in [0, 0.05) is 10.5 Å². The number of nitro benzene ring substituents is 1. The molecule has 7 nitrogen and oxygen atoms in total. The minimum atomic E-state index is -0.834. The van der Waals surface area contributed by atoms with Crippen LogP contribution in [-0.4, -0.2) is 23.4 Å². The van der Waals surface area contributed by atoms with E-state index < -0.39 is 29.2 Å². The van der Waals surface area contributed by atoms with Crippen LogP contribution in [0.1, 0.15) is 10.4 Å². The molecule has 2 rings (SSSR count). The van der Waals surface area contributed by atoms with E-state index in [2.05, 4.69) is 21.2 Å². The molecule has 1 amide bonds. The second-order valence-electron chi connectivity index (χ2n) is 4.52. The number of benzene rings is 2. The first-order chi connectivity index (χ1) is 11.4. The minimum Gasteiger partial charge on any atom is -0.452 e. The van der Waals surface area contributed by atoms with Crippen LogP contribution < -0.4 is 5.32 Å². The Bertz CT molecular complexity index is 812. The fraction of sp³-hybridized carbons (Fsp3) is 0.0667. The Morgan fingerprint density at radius 2 is 1.96 bits per heavy atom. The van der Waals surface area contributed by atoms with Crippen molar-refractivity contribution in [1.82, 2.24) is 0 Å². The molecular formula is C15H10BrFN2O5. The number of anilines is 1. The molecule has 0 bridgehead atoms. The van der Waals surface area contributed by atoms with Crippen molar-refractivity contribution >= 4 is 39.2 Å². The summed E-state index contributed by atoms with van der Waals surface area (Å²) in [6.45, 7) is -0.644. The average molecular weight is 397 g/mol. The van der Waals surface area contributed by atoms with E-state index in [1.807, 2.05) is 0 Å². The molecule has 0 atom stereocenters. The lowest BCUT2D eigenvalue weighted by Crippen LogP contribution is -2.21. The summed E-state index contributed by atoms with van der Waals surface area (Å²) < 4.78 is 18.0. The van der Waals surface area contributed by atoms with Crippen molar-refractivity contribution < 1.29 is 23.6 Å². The summed E-state index contributed by atoms with van der Waals surface area (Å²) >= 11 is 3.02. The monoisotopic (exact) mass is 396 g/mol. The van der Waals surface area contributed by atoms with Crippen LogP contribution in [0.2, 0.25) is 0 Å². The molecule has 0 radical (unpaired) electrons. The standard InChI is InChI=1S/C15H10BrFN2O5/c16-11-7-9(17)5-6-10(11)15(21)24-8-14(20)18-12-3-1-2-4-13(12)19(22)23/h1-7H,8H2,(H,18,20). The number of carbonyl (C=O) groups is 2. The van der Waals surface area contributed by atoms with E-state index in [1.165, 1.54) is 30.3 Å². The van der Waals surface area contributed by atoms with Crippen molar-refractivity contribution in [1.29, 1.82) is 0 Å². The predicted octanol–water partition coefficient (Wildman–Crippen LogP) is 3.29. The molecule has 0 aliphatic heterocycles. The smallest absolute Gasteiger partial charge is 0.339 e. The number of hydrogen-bond donors (Lipinski definition) is 1. The number of para-hydroxylation sites is 2. The van der Waals surface area contributed by atoms with E-state index in [0.29, 0.717) is 0 Å².